The highest BCUT2D eigenvalue weighted by atomic mass is 16.5. The number of carbonyl (C=O) groups is 1. The van der Waals surface area contributed by atoms with Crippen molar-refractivity contribution in [3.8, 4) is 0 Å². The zero-order chi connectivity index (χ0) is 12.3. The van der Waals surface area contributed by atoms with E-state index in [1.54, 1.807) is 7.11 Å². The lowest BCUT2D eigenvalue weighted by Crippen LogP contribution is -2.45. The maximum Gasteiger partial charge on any atom is 0.339 e. The number of nitrogens with one attached hydrogen (secondary N) is 1. The summed E-state index contributed by atoms with van der Waals surface area (Å²) in [5.41, 5.74) is -0.0432. The zero-order valence-electron chi connectivity index (χ0n) is 9.64. The molecular weight excluding hydrogens is 222 g/mol. The van der Waals surface area contributed by atoms with Crippen LogP contribution in [0.5, 0.6) is 0 Å². The molecule has 0 bridgehead atoms. The standard InChI is InChI=1S/C11H15N3O3/c1-17-11(4-2-5-11)7-12-9-8(10(15)16)3-6-13-14-9/h3,6H,2,4-5,7H2,1H3,(H,12,14)(H,15,16). The molecule has 2 N–H and O–H groups in total. The molecular formula is C11H15N3O3. The predicted molar refractivity (Wildman–Crippen MR) is 61.1 cm³/mol. The van der Waals surface area contributed by atoms with Crippen LogP contribution in [0.4, 0.5) is 5.82 Å². The van der Waals surface area contributed by atoms with Crippen molar-refractivity contribution < 1.29 is 14.6 Å². The van der Waals surface area contributed by atoms with E-state index in [0.29, 0.717) is 12.4 Å². The van der Waals surface area contributed by atoms with Gasteiger partial charge >= 0.3 is 5.97 Å². The molecule has 6 heteroatoms. The van der Waals surface area contributed by atoms with E-state index in [0.717, 1.165) is 19.3 Å². The van der Waals surface area contributed by atoms with E-state index in [1.807, 2.05) is 0 Å². The van der Waals surface area contributed by atoms with E-state index >= 15 is 0 Å². The number of hydrogen-bond acceptors (Lipinski definition) is 5. The van der Waals surface area contributed by atoms with Gasteiger partial charge in [-0.05, 0) is 25.3 Å². The lowest BCUT2D eigenvalue weighted by molar-refractivity contribution is -0.0602. The first kappa shape index (κ1) is 11.8. The van der Waals surface area contributed by atoms with Crippen molar-refractivity contribution in [3.05, 3.63) is 17.8 Å². The molecule has 17 heavy (non-hydrogen) atoms. The number of hydrogen-bond donors (Lipinski definition) is 2. The van der Waals surface area contributed by atoms with Crippen molar-refractivity contribution in [2.45, 2.75) is 24.9 Å². The first-order chi connectivity index (χ1) is 8.17. The number of aromatic carboxylic acids is 1. The molecule has 1 aliphatic rings. The van der Waals surface area contributed by atoms with Crippen LogP contribution < -0.4 is 5.32 Å². The Morgan fingerprint density at radius 1 is 1.65 bits per heavy atom. The molecule has 0 amide bonds. The van der Waals surface area contributed by atoms with Crippen molar-refractivity contribution in [1.29, 1.82) is 0 Å². The summed E-state index contributed by atoms with van der Waals surface area (Å²) < 4.78 is 5.44. The summed E-state index contributed by atoms with van der Waals surface area (Å²) in [6.45, 7) is 0.558. The van der Waals surface area contributed by atoms with Crippen molar-refractivity contribution in [1.82, 2.24) is 10.2 Å². The van der Waals surface area contributed by atoms with Crippen LogP contribution in [-0.2, 0) is 4.74 Å². The highest BCUT2D eigenvalue weighted by Gasteiger charge is 2.37. The van der Waals surface area contributed by atoms with Gasteiger partial charge in [0.25, 0.3) is 0 Å². The highest BCUT2D eigenvalue weighted by molar-refractivity contribution is 5.92. The van der Waals surface area contributed by atoms with Crippen molar-refractivity contribution in [2.75, 3.05) is 19.0 Å². The summed E-state index contributed by atoms with van der Waals surface area (Å²) in [6, 6.07) is 1.43. The summed E-state index contributed by atoms with van der Waals surface area (Å²) >= 11 is 0. The molecule has 0 aromatic carbocycles. The third-order valence-electron chi connectivity index (χ3n) is 3.23. The molecule has 1 aromatic rings. The van der Waals surface area contributed by atoms with Gasteiger partial charge in [-0.2, -0.15) is 5.10 Å². The Morgan fingerprint density at radius 2 is 2.41 bits per heavy atom. The van der Waals surface area contributed by atoms with Crippen LogP contribution in [0.15, 0.2) is 12.3 Å². The maximum absolute atomic E-state index is 11.0. The summed E-state index contributed by atoms with van der Waals surface area (Å²) in [5, 5.41) is 19.5. The fourth-order valence-corrected chi connectivity index (χ4v) is 1.90. The van der Waals surface area contributed by atoms with Crippen LogP contribution in [0.25, 0.3) is 0 Å². The fourth-order valence-electron chi connectivity index (χ4n) is 1.90. The number of rotatable bonds is 5. The van der Waals surface area contributed by atoms with E-state index in [2.05, 4.69) is 15.5 Å². The Hall–Kier alpha value is -1.69. The Bertz CT molecular complexity index is 413. The van der Waals surface area contributed by atoms with Crippen LogP contribution >= 0.6 is 0 Å². The summed E-state index contributed by atoms with van der Waals surface area (Å²) in [5.74, 6) is -0.717. The minimum atomic E-state index is -1.01. The summed E-state index contributed by atoms with van der Waals surface area (Å²) in [7, 11) is 1.68. The molecule has 1 fully saturated rings. The largest absolute Gasteiger partial charge is 0.478 e. The second-order valence-electron chi connectivity index (χ2n) is 4.19. The van der Waals surface area contributed by atoms with Gasteiger partial charge in [-0.1, -0.05) is 0 Å². The number of anilines is 1. The van der Waals surface area contributed by atoms with Crippen LogP contribution in [0.1, 0.15) is 29.6 Å². The smallest absolute Gasteiger partial charge is 0.339 e. The first-order valence-corrected chi connectivity index (χ1v) is 5.51. The molecule has 0 aliphatic heterocycles. The Morgan fingerprint density at radius 3 is 2.94 bits per heavy atom. The van der Waals surface area contributed by atoms with Crippen LogP contribution in [0.2, 0.25) is 0 Å². The number of carboxylic acid groups (broad SMARTS) is 1. The average molecular weight is 237 g/mol. The van der Waals surface area contributed by atoms with Crippen molar-refractivity contribution in [2.24, 2.45) is 0 Å². The quantitative estimate of drug-likeness (QED) is 0.799. The fraction of sp³-hybridized carbons (Fsp3) is 0.545. The molecule has 0 saturated heterocycles. The van der Waals surface area contributed by atoms with Gasteiger partial charge in [0.15, 0.2) is 5.82 Å². The number of ether oxygens (including phenoxy) is 1. The Labute approximate surface area is 99.0 Å². The molecule has 1 aromatic heterocycles. The van der Waals surface area contributed by atoms with Gasteiger partial charge in [-0.25, -0.2) is 4.79 Å². The molecule has 2 rings (SSSR count). The van der Waals surface area contributed by atoms with E-state index in [9.17, 15) is 4.79 Å². The summed E-state index contributed by atoms with van der Waals surface area (Å²) in [6.07, 6.45) is 4.48. The third-order valence-corrected chi connectivity index (χ3v) is 3.23. The molecule has 92 valence electrons. The van der Waals surface area contributed by atoms with Gasteiger partial charge in [0.2, 0.25) is 0 Å². The minimum absolute atomic E-state index is 0.130. The second kappa shape index (κ2) is 4.67. The van der Waals surface area contributed by atoms with Gasteiger partial charge in [-0.3, -0.25) is 0 Å². The van der Waals surface area contributed by atoms with E-state index < -0.39 is 5.97 Å². The summed E-state index contributed by atoms with van der Waals surface area (Å²) in [4.78, 5) is 11.0. The van der Waals surface area contributed by atoms with Crippen LogP contribution in [0.3, 0.4) is 0 Å². The molecule has 1 saturated carbocycles. The lowest BCUT2D eigenvalue weighted by Gasteiger charge is -2.40. The monoisotopic (exact) mass is 237 g/mol. The topological polar surface area (TPSA) is 84.3 Å². The highest BCUT2D eigenvalue weighted by Crippen LogP contribution is 2.35. The van der Waals surface area contributed by atoms with E-state index in [4.69, 9.17) is 9.84 Å². The zero-order valence-corrected chi connectivity index (χ0v) is 9.64. The lowest BCUT2D eigenvalue weighted by atomic mass is 9.80. The molecule has 0 atom stereocenters. The molecule has 1 aliphatic carbocycles. The van der Waals surface area contributed by atoms with Crippen LogP contribution in [-0.4, -0.2) is 40.5 Å². The number of carboxylic acids is 1. The Kier molecular flexibility index (Phi) is 3.23. The molecule has 0 unspecified atom stereocenters. The van der Waals surface area contributed by atoms with Crippen molar-refractivity contribution in [3.63, 3.8) is 0 Å². The Balaban J connectivity index is 2.06. The molecule has 1 heterocycles. The van der Waals surface area contributed by atoms with Crippen molar-refractivity contribution >= 4 is 11.8 Å². The van der Waals surface area contributed by atoms with Gasteiger partial charge in [0.05, 0.1) is 11.8 Å². The normalized spacial score (nSPS) is 17.2. The van der Waals surface area contributed by atoms with E-state index in [1.165, 1.54) is 12.3 Å². The SMILES string of the molecule is COC1(CNc2nnccc2C(=O)O)CCC1. The van der Waals surface area contributed by atoms with Gasteiger partial charge in [0, 0.05) is 13.7 Å². The van der Waals surface area contributed by atoms with E-state index in [-0.39, 0.29) is 11.2 Å². The minimum Gasteiger partial charge on any atom is -0.478 e. The molecule has 0 spiro atoms. The third kappa shape index (κ3) is 2.36. The number of nitrogens with zero attached hydrogens (tertiary/aromatic N) is 2. The maximum atomic E-state index is 11.0. The average Bonchev–Trinajstić information content (AvgIpc) is 2.28. The second-order valence-corrected chi connectivity index (χ2v) is 4.19. The van der Waals surface area contributed by atoms with Gasteiger partial charge in [-0.15, -0.1) is 5.10 Å². The number of aromatic nitrogens is 2. The first-order valence-electron chi connectivity index (χ1n) is 5.51. The number of methoxy groups -OCH3 is 1. The van der Waals surface area contributed by atoms with Gasteiger partial charge < -0.3 is 15.2 Å². The molecule has 0 radical (unpaired) electrons. The molecule has 6 nitrogen and oxygen atoms in total. The predicted octanol–water partition coefficient (Wildman–Crippen LogP) is 1.16. The van der Waals surface area contributed by atoms with Gasteiger partial charge in [0.1, 0.15) is 5.56 Å². The van der Waals surface area contributed by atoms with Crippen LogP contribution in [0, 0.1) is 0 Å².